The number of nitrogens with zero attached hydrogens (tertiary/aromatic N) is 4. The number of benzene rings is 2. The fourth-order valence-electron chi connectivity index (χ4n) is 6.14. The van der Waals surface area contributed by atoms with Crippen molar-refractivity contribution in [1.29, 1.82) is 0 Å². The Morgan fingerprint density at radius 3 is 1.19 bits per heavy atom. The fraction of sp³-hybridized carbons (Fsp3) is 0.529. The molecule has 2 aromatic carbocycles. The third kappa shape index (κ3) is 10.1. The Kier molecular flexibility index (Phi) is 12.1. The first kappa shape index (κ1) is 34.5. The quantitative estimate of drug-likeness (QED) is 0.339. The highest BCUT2D eigenvalue weighted by molar-refractivity contribution is 5.75. The largest absolute Gasteiger partial charge is 0.446 e. The van der Waals surface area contributed by atoms with Crippen LogP contribution < -0.4 is 22.1 Å². The van der Waals surface area contributed by atoms with Gasteiger partial charge in [-0.3, -0.25) is 0 Å². The highest BCUT2D eigenvalue weighted by Gasteiger charge is 2.30. The molecule has 0 bridgehead atoms. The molecule has 0 aromatic heterocycles. The highest BCUT2D eigenvalue weighted by Crippen LogP contribution is 2.24. The second-order valence-corrected chi connectivity index (χ2v) is 12.6. The third-order valence-corrected chi connectivity index (χ3v) is 9.14. The molecule has 2 saturated heterocycles. The predicted octanol–water partition coefficient (Wildman–Crippen LogP) is 3.57. The van der Waals surface area contributed by atoms with Crippen molar-refractivity contribution >= 4 is 35.6 Å². The van der Waals surface area contributed by atoms with Gasteiger partial charge in [0.2, 0.25) is 0 Å². The van der Waals surface area contributed by atoms with Crippen molar-refractivity contribution in [3.63, 3.8) is 0 Å². The van der Waals surface area contributed by atoms with Crippen LogP contribution in [0.25, 0.3) is 0 Å². The molecule has 2 aromatic rings. The minimum absolute atomic E-state index is 0.161. The number of rotatable bonds is 6. The predicted molar refractivity (Wildman–Crippen MR) is 181 cm³/mol. The molecule has 2 heterocycles. The summed E-state index contributed by atoms with van der Waals surface area (Å²) in [6, 6.07) is 14.4. The SMILES string of the molecule is Nc1ccc(CNC(=O)N2CCN(C(=O)O[C@H]3CCC[C@@H](OC(=O)N4CCN(C(=O)NCc5ccc(N)cc5)CC4)CCC3)CC2)cc1. The van der Waals surface area contributed by atoms with Crippen molar-refractivity contribution in [2.45, 2.75) is 63.8 Å². The number of piperazine rings is 2. The Balaban J connectivity index is 0.943. The molecule has 3 aliphatic rings. The van der Waals surface area contributed by atoms with Crippen LogP contribution >= 0.6 is 0 Å². The van der Waals surface area contributed by atoms with Gasteiger partial charge >= 0.3 is 24.2 Å². The molecule has 6 amide bonds. The first-order valence-electron chi connectivity index (χ1n) is 16.9. The lowest BCUT2D eigenvalue weighted by atomic mass is 9.96. The number of anilines is 2. The minimum atomic E-state index is -0.344. The normalized spacial score (nSPS) is 20.2. The van der Waals surface area contributed by atoms with Gasteiger partial charge in [0.1, 0.15) is 12.2 Å². The summed E-state index contributed by atoms with van der Waals surface area (Å²) in [7, 11) is 0. The molecule has 48 heavy (non-hydrogen) atoms. The number of hydrogen-bond acceptors (Lipinski definition) is 8. The van der Waals surface area contributed by atoms with Crippen LogP contribution in [0.4, 0.5) is 30.6 Å². The molecule has 1 aliphatic carbocycles. The number of urea groups is 2. The van der Waals surface area contributed by atoms with Crippen molar-refractivity contribution in [3.05, 3.63) is 59.7 Å². The molecule has 3 fully saturated rings. The number of carbonyl (C=O) groups excluding carboxylic acids is 4. The standard InChI is InChI=1S/C34H48N8O6/c35-27-11-7-25(8-12-27)23-37-31(43)39-15-19-41(20-16-39)33(45)47-29-3-1-4-30(6-2-5-29)48-34(46)42-21-17-40(18-22-42)32(44)38-24-26-9-13-28(36)14-10-26/h7-14,29-30H,1-6,15-24,35-36H2,(H,37,43)(H,38,44)/t29-,30+. The van der Waals surface area contributed by atoms with Crippen LogP contribution in [-0.2, 0) is 22.6 Å². The minimum Gasteiger partial charge on any atom is -0.446 e. The number of hydrogen-bond donors (Lipinski definition) is 4. The fourth-order valence-corrected chi connectivity index (χ4v) is 6.14. The summed E-state index contributed by atoms with van der Waals surface area (Å²) in [4.78, 5) is 57.8. The molecule has 0 radical (unpaired) electrons. The molecule has 0 spiro atoms. The summed E-state index contributed by atoms with van der Waals surface area (Å²) in [5.41, 5.74) is 14.7. The van der Waals surface area contributed by atoms with Gasteiger partial charge in [-0.2, -0.15) is 0 Å². The Labute approximate surface area is 281 Å². The van der Waals surface area contributed by atoms with Crippen LogP contribution in [-0.4, -0.2) is 108 Å². The number of carbonyl (C=O) groups is 4. The zero-order valence-corrected chi connectivity index (χ0v) is 27.5. The van der Waals surface area contributed by atoms with E-state index in [1.807, 2.05) is 24.3 Å². The summed E-state index contributed by atoms with van der Waals surface area (Å²) in [5, 5.41) is 5.84. The lowest BCUT2D eigenvalue weighted by Gasteiger charge is -2.36. The van der Waals surface area contributed by atoms with Crippen molar-refractivity contribution in [2.75, 3.05) is 63.8 Å². The number of nitrogen functional groups attached to an aromatic ring is 2. The topological polar surface area (TPSA) is 176 Å². The van der Waals surface area contributed by atoms with Crippen LogP contribution in [0.2, 0.25) is 0 Å². The molecule has 0 atom stereocenters. The second-order valence-electron chi connectivity index (χ2n) is 12.6. The van der Waals surface area contributed by atoms with E-state index >= 15 is 0 Å². The van der Waals surface area contributed by atoms with E-state index in [9.17, 15) is 19.2 Å². The van der Waals surface area contributed by atoms with Gasteiger partial charge in [0.25, 0.3) is 0 Å². The van der Waals surface area contributed by atoms with Gasteiger partial charge in [0, 0.05) is 76.8 Å². The van der Waals surface area contributed by atoms with Gasteiger partial charge in [-0.25, -0.2) is 19.2 Å². The lowest BCUT2D eigenvalue weighted by molar-refractivity contribution is 0.0196. The van der Waals surface area contributed by atoms with Crippen LogP contribution in [0.1, 0.15) is 49.7 Å². The van der Waals surface area contributed by atoms with Gasteiger partial charge in [-0.05, 0) is 73.9 Å². The summed E-state index contributed by atoms with van der Waals surface area (Å²) in [6.07, 6.45) is 3.32. The van der Waals surface area contributed by atoms with E-state index in [1.54, 1.807) is 43.9 Å². The van der Waals surface area contributed by atoms with Crippen LogP contribution in [0.15, 0.2) is 48.5 Å². The van der Waals surface area contributed by atoms with E-state index in [2.05, 4.69) is 10.6 Å². The number of nitrogens with one attached hydrogen (secondary N) is 2. The van der Waals surface area contributed by atoms with Crippen LogP contribution in [0.3, 0.4) is 0 Å². The second kappa shape index (κ2) is 16.8. The summed E-state index contributed by atoms with van der Waals surface area (Å²) >= 11 is 0. The zero-order valence-electron chi connectivity index (χ0n) is 27.5. The Morgan fingerprint density at radius 2 is 0.854 bits per heavy atom. The zero-order chi connectivity index (χ0) is 33.9. The van der Waals surface area contributed by atoms with E-state index in [0.717, 1.165) is 24.0 Å². The van der Waals surface area contributed by atoms with Crippen molar-refractivity contribution < 1.29 is 28.7 Å². The number of nitrogens with two attached hydrogens (primary N) is 2. The van der Waals surface area contributed by atoms with Crippen molar-refractivity contribution in [2.24, 2.45) is 0 Å². The smallest absolute Gasteiger partial charge is 0.410 e. The molecule has 1 saturated carbocycles. The summed E-state index contributed by atoms with van der Waals surface area (Å²) in [5.74, 6) is 0. The summed E-state index contributed by atoms with van der Waals surface area (Å²) in [6.45, 7) is 4.24. The number of ether oxygens (including phenoxy) is 2. The van der Waals surface area contributed by atoms with E-state index in [-0.39, 0.29) is 36.5 Å². The van der Waals surface area contributed by atoms with Gasteiger partial charge in [0.15, 0.2) is 0 Å². The molecular formula is C34H48N8O6. The first-order chi connectivity index (χ1) is 23.2. The average Bonchev–Trinajstić information content (AvgIpc) is 3.09. The molecule has 2 aliphatic heterocycles. The molecule has 14 heteroatoms. The van der Waals surface area contributed by atoms with E-state index < -0.39 is 0 Å². The Bertz CT molecular complexity index is 1260. The lowest BCUT2D eigenvalue weighted by Crippen LogP contribution is -2.53. The van der Waals surface area contributed by atoms with Crippen LogP contribution in [0.5, 0.6) is 0 Å². The van der Waals surface area contributed by atoms with E-state index in [1.165, 1.54) is 0 Å². The first-order valence-corrected chi connectivity index (χ1v) is 16.9. The Morgan fingerprint density at radius 1 is 0.542 bits per heavy atom. The van der Waals surface area contributed by atoms with E-state index in [4.69, 9.17) is 20.9 Å². The monoisotopic (exact) mass is 664 g/mol. The maximum Gasteiger partial charge on any atom is 0.410 e. The van der Waals surface area contributed by atoms with Crippen LogP contribution in [0, 0.1) is 0 Å². The molecule has 260 valence electrons. The number of amides is 6. The van der Waals surface area contributed by atoms with Gasteiger partial charge in [-0.1, -0.05) is 24.3 Å². The average molecular weight is 665 g/mol. The van der Waals surface area contributed by atoms with Gasteiger partial charge in [0.05, 0.1) is 0 Å². The maximum atomic E-state index is 12.9. The molecule has 6 N–H and O–H groups in total. The molecular weight excluding hydrogens is 616 g/mol. The van der Waals surface area contributed by atoms with Gasteiger partial charge in [-0.15, -0.1) is 0 Å². The van der Waals surface area contributed by atoms with E-state index in [0.29, 0.717) is 103 Å². The maximum absolute atomic E-state index is 12.9. The Hall–Kier alpha value is -4.88. The highest BCUT2D eigenvalue weighted by atomic mass is 16.6. The molecule has 14 nitrogen and oxygen atoms in total. The van der Waals surface area contributed by atoms with Crippen molar-refractivity contribution in [3.8, 4) is 0 Å². The molecule has 5 rings (SSSR count). The van der Waals surface area contributed by atoms with Crippen molar-refractivity contribution in [1.82, 2.24) is 30.2 Å². The summed E-state index contributed by atoms with van der Waals surface area (Å²) < 4.78 is 11.7. The van der Waals surface area contributed by atoms with Gasteiger partial charge < -0.3 is 51.2 Å². The molecule has 0 unspecified atom stereocenters. The third-order valence-electron chi connectivity index (χ3n) is 9.14.